The Balaban J connectivity index is 0.000000276. The number of benzene rings is 1. The van der Waals surface area contributed by atoms with Crippen LogP contribution in [-0.4, -0.2) is 31.1 Å². The molecule has 0 atom stereocenters. The summed E-state index contributed by atoms with van der Waals surface area (Å²) in [4.78, 5) is 3.12. The minimum Gasteiger partial charge on any atom is -0.429 e. The first-order valence-corrected chi connectivity index (χ1v) is 7.28. The Hall–Kier alpha value is -0.725. The molecule has 0 aliphatic rings. The second-order valence-electron chi connectivity index (χ2n) is 2.56. The van der Waals surface area contributed by atoms with E-state index >= 15 is 0 Å². The van der Waals surface area contributed by atoms with Crippen molar-refractivity contribution in [1.82, 2.24) is 4.98 Å². The van der Waals surface area contributed by atoms with Crippen LogP contribution in [0.3, 0.4) is 0 Å². The molecule has 1 aromatic carbocycles. The third kappa shape index (κ3) is 10.2. The third-order valence-corrected chi connectivity index (χ3v) is 1.46. The molecule has 2 aromatic rings. The molecule has 0 amide bonds. The fourth-order valence-corrected chi connectivity index (χ4v) is 0.995. The highest BCUT2D eigenvalue weighted by molar-refractivity contribution is 8.31. The molecule has 0 bridgehead atoms. The smallest absolute Gasteiger partial charge is 0.429 e. The van der Waals surface area contributed by atoms with E-state index in [1.165, 1.54) is 10.9 Å². The van der Waals surface area contributed by atoms with Gasteiger partial charge in [-0.3, -0.25) is 0 Å². The molecular formula is C8H9BCl2NO4S. The molecule has 0 fully saturated rings. The second kappa shape index (κ2) is 8.38. The summed E-state index contributed by atoms with van der Waals surface area (Å²) >= 11 is 0. The van der Waals surface area contributed by atoms with Gasteiger partial charge in [0.15, 0.2) is 0 Å². The van der Waals surface area contributed by atoms with Gasteiger partial charge in [-0.15, -0.1) is 0 Å². The predicted octanol–water partition coefficient (Wildman–Crippen LogP) is 1.38. The lowest BCUT2D eigenvalue weighted by Gasteiger charge is -1.83. The lowest BCUT2D eigenvalue weighted by atomic mass is 10.3. The van der Waals surface area contributed by atoms with E-state index in [-0.39, 0.29) is 7.69 Å². The van der Waals surface area contributed by atoms with Crippen LogP contribution < -0.4 is 0 Å². The Labute approximate surface area is 108 Å². The maximum Gasteiger partial charge on any atom is 0.482 e. The Kier molecular flexibility index (Phi) is 8.02. The standard InChI is InChI=1S/C8H7N.BH2O2.Cl2O2S/c1-2-4-8-7(3-1)5-6-9-8;2-1-3;1-5(2,3)4/h1-6,9H;2-3H;. The van der Waals surface area contributed by atoms with Crippen molar-refractivity contribution < 1.29 is 18.5 Å². The summed E-state index contributed by atoms with van der Waals surface area (Å²) < 4.78 is 18.3. The van der Waals surface area contributed by atoms with E-state index in [0.717, 1.165) is 0 Å². The average molecular weight is 297 g/mol. The highest BCUT2D eigenvalue weighted by atomic mass is 36.0. The molecule has 93 valence electrons. The van der Waals surface area contributed by atoms with Crippen LogP contribution in [0.2, 0.25) is 0 Å². The highest BCUT2D eigenvalue weighted by Gasteiger charge is 1.88. The molecular weight excluding hydrogens is 288 g/mol. The molecule has 5 nitrogen and oxygen atoms in total. The van der Waals surface area contributed by atoms with Crippen molar-refractivity contribution in [2.24, 2.45) is 0 Å². The summed E-state index contributed by atoms with van der Waals surface area (Å²) in [7, 11) is 4.81. The zero-order valence-corrected chi connectivity index (χ0v) is 10.7. The first-order chi connectivity index (χ1) is 7.88. The molecule has 0 aliphatic carbocycles. The number of hydrogen-bond donors (Lipinski definition) is 3. The molecule has 0 spiro atoms. The normalized spacial score (nSPS) is 9.65. The predicted molar refractivity (Wildman–Crippen MR) is 69.1 cm³/mol. The molecule has 2 rings (SSSR count). The number of nitrogens with one attached hydrogen (secondary N) is 1. The van der Waals surface area contributed by atoms with Crippen molar-refractivity contribution in [3.8, 4) is 0 Å². The molecule has 17 heavy (non-hydrogen) atoms. The summed E-state index contributed by atoms with van der Waals surface area (Å²) in [5.41, 5.74) is 1.21. The molecule has 0 unspecified atom stereocenters. The second-order valence-corrected chi connectivity index (χ2v) is 6.23. The number of para-hydroxylation sites is 1. The van der Waals surface area contributed by atoms with Gasteiger partial charge < -0.3 is 15.0 Å². The van der Waals surface area contributed by atoms with Crippen LogP contribution >= 0.6 is 21.4 Å². The molecule has 1 heterocycles. The van der Waals surface area contributed by atoms with Crippen molar-refractivity contribution in [2.45, 2.75) is 0 Å². The Morgan fingerprint density at radius 1 is 1.12 bits per heavy atom. The fourth-order valence-electron chi connectivity index (χ4n) is 0.995. The van der Waals surface area contributed by atoms with Crippen molar-refractivity contribution >= 4 is 48.2 Å². The van der Waals surface area contributed by atoms with Gasteiger partial charge in [0, 0.05) is 33.1 Å². The largest absolute Gasteiger partial charge is 0.482 e. The number of aromatic nitrogens is 1. The quantitative estimate of drug-likeness (QED) is 0.506. The SMILES string of the molecule is O=S(=O)(Cl)Cl.O[B]O.c1ccc2[nH]ccc2c1. The van der Waals surface area contributed by atoms with E-state index in [1.807, 2.05) is 18.3 Å². The first kappa shape index (κ1) is 16.3. The minimum atomic E-state index is -3.72. The molecule has 3 N–H and O–H groups in total. The van der Waals surface area contributed by atoms with E-state index in [4.69, 9.17) is 18.5 Å². The minimum absolute atomic E-state index is 0. The first-order valence-electron chi connectivity index (χ1n) is 4.15. The number of halogens is 2. The van der Waals surface area contributed by atoms with Crippen LogP contribution in [0.1, 0.15) is 0 Å². The lowest BCUT2D eigenvalue weighted by molar-refractivity contribution is 0.448. The molecule has 0 aliphatic heterocycles. The van der Waals surface area contributed by atoms with Crippen LogP contribution in [0.25, 0.3) is 10.9 Å². The third-order valence-electron chi connectivity index (χ3n) is 1.46. The lowest BCUT2D eigenvalue weighted by Crippen LogP contribution is -1.75. The van der Waals surface area contributed by atoms with Crippen LogP contribution in [0.5, 0.6) is 0 Å². The van der Waals surface area contributed by atoms with Gasteiger partial charge in [0.1, 0.15) is 0 Å². The maximum atomic E-state index is 9.16. The van der Waals surface area contributed by atoms with Gasteiger partial charge in [-0.25, -0.2) is 0 Å². The van der Waals surface area contributed by atoms with Gasteiger partial charge in [-0.05, 0) is 17.5 Å². The maximum absolute atomic E-state index is 9.16. The monoisotopic (exact) mass is 296 g/mol. The van der Waals surface area contributed by atoms with Crippen molar-refractivity contribution in [3.05, 3.63) is 36.5 Å². The molecule has 9 heteroatoms. The summed E-state index contributed by atoms with van der Waals surface area (Å²) in [5.74, 6) is 0. The van der Waals surface area contributed by atoms with Crippen molar-refractivity contribution in [3.63, 3.8) is 0 Å². The van der Waals surface area contributed by atoms with Gasteiger partial charge in [0.25, 0.3) is 0 Å². The van der Waals surface area contributed by atoms with Gasteiger partial charge in [0.2, 0.25) is 0 Å². The molecule has 1 aromatic heterocycles. The number of aromatic amines is 1. The summed E-state index contributed by atoms with van der Waals surface area (Å²) in [5, 5.41) is 15.3. The van der Waals surface area contributed by atoms with E-state index in [9.17, 15) is 0 Å². The highest BCUT2D eigenvalue weighted by Crippen LogP contribution is 2.09. The Bertz CT molecular complexity index is 493. The Morgan fingerprint density at radius 3 is 2.06 bits per heavy atom. The van der Waals surface area contributed by atoms with Crippen molar-refractivity contribution in [2.75, 3.05) is 0 Å². The van der Waals surface area contributed by atoms with E-state index < -0.39 is 8.26 Å². The Morgan fingerprint density at radius 2 is 1.59 bits per heavy atom. The molecule has 1 radical (unpaired) electrons. The number of hydrogen-bond acceptors (Lipinski definition) is 4. The van der Waals surface area contributed by atoms with E-state index in [0.29, 0.717) is 0 Å². The van der Waals surface area contributed by atoms with Crippen LogP contribution in [0.4, 0.5) is 0 Å². The zero-order chi connectivity index (χ0) is 13.3. The van der Waals surface area contributed by atoms with E-state index in [2.05, 4.69) is 44.5 Å². The van der Waals surface area contributed by atoms with Gasteiger partial charge in [0.05, 0.1) is 0 Å². The van der Waals surface area contributed by atoms with Crippen LogP contribution in [0.15, 0.2) is 36.5 Å². The summed E-state index contributed by atoms with van der Waals surface area (Å²) in [6, 6.07) is 10.3. The number of fused-ring (bicyclic) bond motifs is 1. The number of rotatable bonds is 0. The average Bonchev–Trinajstić information content (AvgIpc) is 2.63. The number of H-pyrrole nitrogens is 1. The van der Waals surface area contributed by atoms with Crippen LogP contribution in [0, 0.1) is 0 Å². The van der Waals surface area contributed by atoms with Crippen molar-refractivity contribution in [1.29, 1.82) is 0 Å². The summed E-state index contributed by atoms with van der Waals surface area (Å²) in [6.07, 6.45) is 1.95. The molecule has 0 saturated carbocycles. The van der Waals surface area contributed by atoms with E-state index in [1.54, 1.807) is 0 Å². The van der Waals surface area contributed by atoms with Crippen LogP contribution in [-0.2, 0) is 8.26 Å². The van der Waals surface area contributed by atoms with Gasteiger partial charge >= 0.3 is 15.9 Å². The van der Waals surface area contributed by atoms with Gasteiger partial charge in [-0.1, -0.05) is 18.2 Å². The molecule has 0 saturated heterocycles. The fraction of sp³-hybridized carbons (Fsp3) is 0. The topological polar surface area (TPSA) is 90.4 Å². The summed E-state index contributed by atoms with van der Waals surface area (Å²) in [6.45, 7) is 0. The van der Waals surface area contributed by atoms with Gasteiger partial charge in [-0.2, -0.15) is 8.42 Å². The zero-order valence-electron chi connectivity index (χ0n) is 8.42.